The van der Waals surface area contributed by atoms with Crippen LogP contribution < -0.4 is 10.6 Å². The number of carbonyl (C=O) groups is 1. The summed E-state index contributed by atoms with van der Waals surface area (Å²) in [5, 5.41) is 0. The van der Waals surface area contributed by atoms with Crippen molar-refractivity contribution in [3.8, 4) is 0 Å². The number of piperazine rings is 1. The predicted octanol–water partition coefficient (Wildman–Crippen LogP) is 1.12. The van der Waals surface area contributed by atoms with Crippen LogP contribution in [0.4, 0.5) is 16.3 Å². The van der Waals surface area contributed by atoms with E-state index in [-0.39, 0.29) is 6.09 Å². The predicted molar refractivity (Wildman–Crippen MR) is 76.5 cm³/mol. The quantitative estimate of drug-likeness (QED) is 0.829. The molecule has 0 radical (unpaired) electrons. The molecule has 0 bridgehead atoms. The highest BCUT2D eigenvalue weighted by molar-refractivity contribution is 5.69. The molecule has 0 aliphatic carbocycles. The number of nitrogens with two attached hydrogens (primary N) is 1. The van der Waals surface area contributed by atoms with Gasteiger partial charge in [-0.05, 0) is 20.8 Å². The van der Waals surface area contributed by atoms with Crippen molar-refractivity contribution in [1.82, 2.24) is 14.9 Å². The van der Waals surface area contributed by atoms with Crippen molar-refractivity contribution < 1.29 is 9.53 Å². The first kappa shape index (κ1) is 14.4. The van der Waals surface area contributed by atoms with Crippen molar-refractivity contribution in [3.63, 3.8) is 0 Å². The van der Waals surface area contributed by atoms with E-state index in [9.17, 15) is 4.79 Å². The highest BCUT2D eigenvalue weighted by Gasteiger charge is 2.26. The second-order valence-electron chi connectivity index (χ2n) is 5.76. The van der Waals surface area contributed by atoms with E-state index < -0.39 is 5.60 Å². The van der Waals surface area contributed by atoms with Crippen LogP contribution in [0.5, 0.6) is 0 Å². The molecule has 0 spiro atoms. The number of carbonyl (C=O) groups excluding carboxylic acids is 1. The van der Waals surface area contributed by atoms with Gasteiger partial charge in [-0.3, -0.25) is 0 Å². The fourth-order valence-electron chi connectivity index (χ4n) is 2.03. The highest BCUT2D eigenvalue weighted by Crippen LogP contribution is 2.20. The first-order valence-electron chi connectivity index (χ1n) is 6.65. The number of rotatable bonds is 1. The molecule has 110 valence electrons. The van der Waals surface area contributed by atoms with Crippen molar-refractivity contribution in [3.05, 3.63) is 12.5 Å². The number of nitrogen functional groups attached to an aromatic ring is 1. The van der Waals surface area contributed by atoms with Gasteiger partial charge >= 0.3 is 6.09 Å². The fraction of sp³-hybridized carbons (Fsp3) is 0.615. The number of nitrogens with zero attached hydrogens (tertiary/aromatic N) is 4. The van der Waals surface area contributed by atoms with Gasteiger partial charge in [0.05, 0.1) is 11.9 Å². The van der Waals surface area contributed by atoms with Gasteiger partial charge in [0.25, 0.3) is 0 Å². The number of ether oxygens (including phenoxy) is 1. The maximum absolute atomic E-state index is 12.0. The Morgan fingerprint density at radius 2 is 1.95 bits per heavy atom. The zero-order valence-corrected chi connectivity index (χ0v) is 12.2. The van der Waals surface area contributed by atoms with Crippen molar-refractivity contribution >= 4 is 17.6 Å². The second kappa shape index (κ2) is 5.52. The lowest BCUT2D eigenvalue weighted by Gasteiger charge is -2.36. The molecule has 1 aliphatic heterocycles. The van der Waals surface area contributed by atoms with E-state index in [1.807, 2.05) is 20.8 Å². The third-order valence-electron chi connectivity index (χ3n) is 2.95. The number of aromatic nitrogens is 2. The van der Waals surface area contributed by atoms with Crippen LogP contribution in [0.15, 0.2) is 12.5 Å². The van der Waals surface area contributed by atoms with E-state index in [1.165, 1.54) is 6.33 Å². The molecule has 1 fully saturated rings. The van der Waals surface area contributed by atoms with Crippen LogP contribution in [0.3, 0.4) is 0 Å². The smallest absolute Gasteiger partial charge is 0.410 e. The number of amides is 1. The summed E-state index contributed by atoms with van der Waals surface area (Å²) in [4.78, 5) is 23.8. The maximum Gasteiger partial charge on any atom is 0.410 e. The van der Waals surface area contributed by atoms with E-state index >= 15 is 0 Å². The van der Waals surface area contributed by atoms with Crippen LogP contribution in [0.1, 0.15) is 20.8 Å². The Morgan fingerprint density at radius 3 is 2.50 bits per heavy atom. The summed E-state index contributed by atoms with van der Waals surface area (Å²) in [5.74, 6) is 0.726. The van der Waals surface area contributed by atoms with E-state index in [1.54, 1.807) is 11.1 Å². The van der Waals surface area contributed by atoms with Crippen LogP contribution in [-0.2, 0) is 4.74 Å². The highest BCUT2D eigenvalue weighted by atomic mass is 16.6. The first-order valence-corrected chi connectivity index (χ1v) is 6.65. The minimum atomic E-state index is -0.467. The van der Waals surface area contributed by atoms with Crippen molar-refractivity contribution in [2.45, 2.75) is 26.4 Å². The Balaban J connectivity index is 1.93. The Kier molecular flexibility index (Phi) is 3.96. The lowest BCUT2D eigenvalue weighted by molar-refractivity contribution is 0.0240. The second-order valence-corrected chi connectivity index (χ2v) is 5.76. The van der Waals surface area contributed by atoms with Crippen molar-refractivity contribution in [1.29, 1.82) is 0 Å². The van der Waals surface area contributed by atoms with Gasteiger partial charge in [0.1, 0.15) is 11.9 Å². The Labute approximate surface area is 118 Å². The van der Waals surface area contributed by atoms with Gasteiger partial charge in [0.15, 0.2) is 5.82 Å². The zero-order valence-electron chi connectivity index (χ0n) is 12.2. The fourth-order valence-corrected chi connectivity index (χ4v) is 2.03. The van der Waals surface area contributed by atoms with Gasteiger partial charge in [0, 0.05) is 26.2 Å². The molecule has 2 heterocycles. The van der Waals surface area contributed by atoms with E-state index in [0.717, 1.165) is 5.82 Å². The third kappa shape index (κ3) is 3.49. The maximum atomic E-state index is 12.0. The first-order chi connectivity index (χ1) is 9.37. The molecule has 0 atom stereocenters. The molecular formula is C13H21N5O2. The van der Waals surface area contributed by atoms with Gasteiger partial charge in [-0.2, -0.15) is 0 Å². The molecular weight excluding hydrogens is 258 g/mol. The largest absolute Gasteiger partial charge is 0.444 e. The van der Waals surface area contributed by atoms with Crippen LogP contribution >= 0.6 is 0 Å². The van der Waals surface area contributed by atoms with Crippen LogP contribution in [0.2, 0.25) is 0 Å². The Hall–Kier alpha value is -2.05. The number of hydrogen-bond donors (Lipinski definition) is 1. The molecule has 1 saturated heterocycles. The molecule has 1 aromatic rings. The molecule has 0 unspecified atom stereocenters. The Morgan fingerprint density at radius 1 is 1.30 bits per heavy atom. The SMILES string of the molecule is CC(C)(C)OC(=O)N1CCN(c2ncncc2N)CC1. The lowest BCUT2D eigenvalue weighted by Crippen LogP contribution is -2.50. The molecule has 7 heteroatoms. The van der Waals surface area contributed by atoms with Crippen molar-refractivity contribution in [2.24, 2.45) is 0 Å². The summed E-state index contributed by atoms with van der Waals surface area (Å²) < 4.78 is 5.36. The van der Waals surface area contributed by atoms with Crippen LogP contribution in [0.25, 0.3) is 0 Å². The molecule has 0 aromatic carbocycles. The van der Waals surface area contributed by atoms with E-state index in [2.05, 4.69) is 14.9 Å². The number of hydrogen-bond acceptors (Lipinski definition) is 6. The summed E-state index contributed by atoms with van der Waals surface area (Å²) >= 11 is 0. The van der Waals surface area contributed by atoms with Crippen LogP contribution in [0, 0.1) is 0 Å². The summed E-state index contributed by atoms with van der Waals surface area (Å²) in [6.45, 7) is 8.14. The topological polar surface area (TPSA) is 84.6 Å². The molecule has 7 nitrogen and oxygen atoms in total. The normalized spacial score (nSPS) is 16.1. The molecule has 1 amide bonds. The summed E-state index contributed by atoms with van der Waals surface area (Å²) in [6, 6.07) is 0. The molecule has 1 aliphatic rings. The van der Waals surface area contributed by atoms with E-state index in [4.69, 9.17) is 10.5 Å². The number of anilines is 2. The minimum absolute atomic E-state index is 0.271. The van der Waals surface area contributed by atoms with Crippen LogP contribution in [-0.4, -0.2) is 52.7 Å². The van der Waals surface area contributed by atoms with Gasteiger partial charge in [-0.15, -0.1) is 0 Å². The van der Waals surface area contributed by atoms with Gasteiger partial charge in [0.2, 0.25) is 0 Å². The average molecular weight is 279 g/mol. The van der Waals surface area contributed by atoms with Gasteiger partial charge in [-0.25, -0.2) is 14.8 Å². The molecule has 2 rings (SSSR count). The lowest BCUT2D eigenvalue weighted by atomic mass is 10.2. The molecule has 0 saturated carbocycles. The zero-order chi connectivity index (χ0) is 14.8. The summed E-state index contributed by atoms with van der Waals surface area (Å²) in [5.41, 5.74) is 5.94. The standard InChI is InChI=1S/C13H21N5O2/c1-13(2,3)20-12(19)18-6-4-17(5-7-18)11-10(14)8-15-9-16-11/h8-9H,4-7,14H2,1-3H3. The van der Waals surface area contributed by atoms with Gasteiger partial charge < -0.3 is 20.3 Å². The van der Waals surface area contributed by atoms with Gasteiger partial charge in [-0.1, -0.05) is 0 Å². The molecule has 2 N–H and O–H groups in total. The Bertz CT molecular complexity index is 478. The summed E-state index contributed by atoms with van der Waals surface area (Å²) in [7, 11) is 0. The van der Waals surface area contributed by atoms with Crippen molar-refractivity contribution in [2.75, 3.05) is 36.8 Å². The third-order valence-corrected chi connectivity index (χ3v) is 2.95. The molecule has 20 heavy (non-hydrogen) atoms. The summed E-state index contributed by atoms with van der Waals surface area (Å²) in [6.07, 6.45) is 2.79. The monoisotopic (exact) mass is 279 g/mol. The minimum Gasteiger partial charge on any atom is -0.444 e. The van der Waals surface area contributed by atoms with E-state index in [0.29, 0.717) is 31.9 Å². The molecule has 1 aromatic heterocycles. The average Bonchev–Trinajstić information content (AvgIpc) is 2.37.